The summed E-state index contributed by atoms with van der Waals surface area (Å²) >= 11 is 0. The van der Waals surface area contributed by atoms with Crippen LogP contribution in [0.15, 0.2) is 24.5 Å². The highest BCUT2D eigenvalue weighted by Crippen LogP contribution is 2.24. The highest BCUT2D eigenvalue weighted by Gasteiger charge is 2.20. The van der Waals surface area contributed by atoms with Crippen molar-refractivity contribution in [2.24, 2.45) is 0 Å². The van der Waals surface area contributed by atoms with E-state index in [-0.39, 0.29) is 0 Å². The Balaban J connectivity index is 2.03. The van der Waals surface area contributed by atoms with Crippen LogP contribution in [0.25, 0.3) is 5.52 Å². The topological polar surface area (TPSA) is 29.3 Å². The molecule has 3 nitrogen and oxygen atoms in total. The smallest absolute Gasteiger partial charge is 0.110 e. The molecule has 72 valence electrons. The summed E-state index contributed by atoms with van der Waals surface area (Å²) < 4.78 is 2.12. The van der Waals surface area contributed by atoms with Gasteiger partial charge in [0.25, 0.3) is 0 Å². The first kappa shape index (κ1) is 7.85. The van der Waals surface area contributed by atoms with Gasteiger partial charge in [0.2, 0.25) is 0 Å². The summed E-state index contributed by atoms with van der Waals surface area (Å²) in [6.45, 7) is 2.02. The number of nitrogens with zero attached hydrogens (tertiary/aromatic N) is 2. The molecular formula is C11H13N3. The summed E-state index contributed by atoms with van der Waals surface area (Å²) in [5, 5.41) is 3.48. The number of hydrogen-bond acceptors (Lipinski definition) is 2. The maximum atomic E-state index is 4.27. The summed E-state index contributed by atoms with van der Waals surface area (Å²) in [6, 6.07) is 4.93. The van der Waals surface area contributed by atoms with Crippen molar-refractivity contribution in [2.75, 3.05) is 5.32 Å². The molecule has 3 heteroatoms. The number of aryl methyl sites for hydroxylation is 1. The first-order valence-electron chi connectivity index (χ1n) is 5.03. The minimum Gasteiger partial charge on any atom is -0.381 e. The summed E-state index contributed by atoms with van der Waals surface area (Å²) in [7, 11) is 0. The molecule has 2 heterocycles. The Bertz CT molecular complexity index is 468. The van der Waals surface area contributed by atoms with E-state index in [0.717, 1.165) is 11.3 Å². The van der Waals surface area contributed by atoms with Crippen molar-refractivity contribution in [3.63, 3.8) is 0 Å². The van der Waals surface area contributed by atoms with Crippen LogP contribution in [-0.4, -0.2) is 15.4 Å². The van der Waals surface area contributed by atoms with Gasteiger partial charge in [0, 0.05) is 12.2 Å². The standard InChI is InChI=1S/C11H13N3/c1-8-12-6-11-5-4-10(7-14(8)11)13-9-2-3-9/h4-7,9,13H,2-3H2,1H3. The molecule has 1 fully saturated rings. The summed E-state index contributed by atoms with van der Waals surface area (Å²) in [5.74, 6) is 1.04. The molecule has 0 aromatic carbocycles. The monoisotopic (exact) mass is 187 g/mol. The third-order valence-corrected chi connectivity index (χ3v) is 2.66. The zero-order chi connectivity index (χ0) is 9.54. The number of pyridine rings is 1. The summed E-state index contributed by atoms with van der Waals surface area (Å²) in [5.41, 5.74) is 2.35. The van der Waals surface area contributed by atoms with Crippen LogP contribution in [0.4, 0.5) is 5.69 Å². The predicted molar refractivity (Wildman–Crippen MR) is 56.6 cm³/mol. The maximum absolute atomic E-state index is 4.27. The van der Waals surface area contributed by atoms with Crippen molar-refractivity contribution in [3.8, 4) is 0 Å². The van der Waals surface area contributed by atoms with Crippen LogP contribution < -0.4 is 5.32 Å². The molecule has 1 saturated carbocycles. The summed E-state index contributed by atoms with van der Waals surface area (Å²) in [6.07, 6.45) is 6.63. The molecule has 0 spiro atoms. The molecule has 0 amide bonds. The molecule has 1 aliphatic carbocycles. The van der Waals surface area contributed by atoms with Gasteiger partial charge in [0.1, 0.15) is 5.82 Å². The lowest BCUT2D eigenvalue weighted by molar-refractivity contribution is 1.04. The minimum absolute atomic E-state index is 0.705. The van der Waals surface area contributed by atoms with E-state index in [4.69, 9.17) is 0 Å². The number of aromatic nitrogens is 2. The van der Waals surface area contributed by atoms with Crippen LogP contribution in [0.3, 0.4) is 0 Å². The predicted octanol–water partition coefficient (Wildman–Crippen LogP) is 2.22. The van der Waals surface area contributed by atoms with Crippen LogP contribution in [-0.2, 0) is 0 Å². The SMILES string of the molecule is Cc1ncc2ccc(NC3CC3)cn12. The number of rotatable bonds is 2. The first-order valence-corrected chi connectivity index (χ1v) is 5.03. The second kappa shape index (κ2) is 2.74. The van der Waals surface area contributed by atoms with Gasteiger partial charge in [-0.25, -0.2) is 4.98 Å². The lowest BCUT2D eigenvalue weighted by Crippen LogP contribution is -2.01. The van der Waals surface area contributed by atoms with E-state index in [1.54, 1.807) is 0 Å². The molecule has 0 radical (unpaired) electrons. The van der Waals surface area contributed by atoms with Crippen LogP contribution in [0.2, 0.25) is 0 Å². The van der Waals surface area contributed by atoms with Crippen LogP contribution in [0.1, 0.15) is 18.7 Å². The average Bonchev–Trinajstić information content (AvgIpc) is 2.92. The average molecular weight is 187 g/mol. The molecule has 0 unspecified atom stereocenters. The maximum Gasteiger partial charge on any atom is 0.110 e. The van der Waals surface area contributed by atoms with Gasteiger partial charge >= 0.3 is 0 Å². The van der Waals surface area contributed by atoms with Gasteiger partial charge < -0.3 is 9.72 Å². The molecular weight excluding hydrogens is 174 g/mol. The third-order valence-electron chi connectivity index (χ3n) is 2.66. The first-order chi connectivity index (χ1) is 6.83. The van der Waals surface area contributed by atoms with Crippen LogP contribution >= 0.6 is 0 Å². The van der Waals surface area contributed by atoms with E-state index in [9.17, 15) is 0 Å². The van der Waals surface area contributed by atoms with E-state index in [1.807, 2.05) is 13.1 Å². The lowest BCUT2D eigenvalue weighted by Gasteiger charge is -2.05. The van der Waals surface area contributed by atoms with Gasteiger partial charge in [-0.3, -0.25) is 0 Å². The largest absolute Gasteiger partial charge is 0.381 e. The molecule has 2 aromatic heterocycles. The number of nitrogens with one attached hydrogen (secondary N) is 1. The van der Waals surface area contributed by atoms with Crippen LogP contribution in [0.5, 0.6) is 0 Å². The second-order valence-electron chi connectivity index (χ2n) is 3.94. The van der Waals surface area contributed by atoms with Gasteiger partial charge in [-0.15, -0.1) is 0 Å². The zero-order valence-corrected chi connectivity index (χ0v) is 8.20. The van der Waals surface area contributed by atoms with E-state index in [0.29, 0.717) is 6.04 Å². The fraction of sp³-hybridized carbons (Fsp3) is 0.364. The molecule has 14 heavy (non-hydrogen) atoms. The third kappa shape index (κ3) is 1.25. The quantitative estimate of drug-likeness (QED) is 0.781. The van der Waals surface area contributed by atoms with Gasteiger partial charge in [0.05, 0.1) is 17.4 Å². The van der Waals surface area contributed by atoms with Crippen molar-refractivity contribution >= 4 is 11.2 Å². The van der Waals surface area contributed by atoms with E-state index >= 15 is 0 Å². The Labute approximate surface area is 82.8 Å². The fourth-order valence-electron chi connectivity index (χ4n) is 1.67. The van der Waals surface area contributed by atoms with E-state index < -0.39 is 0 Å². The number of fused-ring (bicyclic) bond motifs is 1. The molecule has 0 atom stereocenters. The molecule has 2 aromatic rings. The fourth-order valence-corrected chi connectivity index (χ4v) is 1.67. The Hall–Kier alpha value is -1.51. The zero-order valence-electron chi connectivity index (χ0n) is 8.20. The normalized spacial score (nSPS) is 16.1. The van der Waals surface area contributed by atoms with Gasteiger partial charge in [-0.1, -0.05) is 0 Å². The second-order valence-corrected chi connectivity index (χ2v) is 3.94. The van der Waals surface area contributed by atoms with Crippen molar-refractivity contribution in [3.05, 3.63) is 30.4 Å². The van der Waals surface area contributed by atoms with Gasteiger partial charge in [0.15, 0.2) is 0 Å². The van der Waals surface area contributed by atoms with Crippen molar-refractivity contribution in [2.45, 2.75) is 25.8 Å². The van der Waals surface area contributed by atoms with Crippen LogP contribution in [0, 0.1) is 6.92 Å². The van der Waals surface area contributed by atoms with E-state index in [2.05, 4.69) is 33.0 Å². The van der Waals surface area contributed by atoms with Crippen molar-refractivity contribution in [1.29, 1.82) is 0 Å². The number of hydrogen-bond donors (Lipinski definition) is 1. The molecule has 0 saturated heterocycles. The number of anilines is 1. The molecule has 3 rings (SSSR count). The molecule has 1 N–H and O–H groups in total. The Kier molecular flexibility index (Phi) is 1.54. The Morgan fingerprint density at radius 1 is 1.43 bits per heavy atom. The van der Waals surface area contributed by atoms with Crippen molar-refractivity contribution in [1.82, 2.24) is 9.38 Å². The molecule has 0 bridgehead atoms. The highest BCUT2D eigenvalue weighted by atomic mass is 15.0. The Morgan fingerprint density at radius 3 is 3.07 bits per heavy atom. The minimum atomic E-state index is 0.705. The van der Waals surface area contributed by atoms with Crippen molar-refractivity contribution < 1.29 is 0 Å². The van der Waals surface area contributed by atoms with Gasteiger partial charge in [-0.05, 0) is 31.9 Å². The Morgan fingerprint density at radius 2 is 2.29 bits per heavy atom. The summed E-state index contributed by atoms with van der Waals surface area (Å²) in [4.78, 5) is 4.27. The highest BCUT2D eigenvalue weighted by molar-refractivity contribution is 5.54. The van der Waals surface area contributed by atoms with E-state index in [1.165, 1.54) is 18.5 Å². The number of imidazole rings is 1. The lowest BCUT2D eigenvalue weighted by atomic mass is 10.3. The van der Waals surface area contributed by atoms with Gasteiger partial charge in [-0.2, -0.15) is 0 Å². The molecule has 0 aliphatic heterocycles. The molecule has 1 aliphatic rings.